The molecule has 0 saturated heterocycles. The summed E-state index contributed by atoms with van der Waals surface area (Å²) in [4.78, 5) is 15.8. The third-order valence-corrected chi connectivity index (χ3v) is 4.07. The van der Waals surface area contributed by atoms with Crippen LogP contribution in [0, 0.1) is 0 Å². The van der Waals surface area contributed by atoms with Crippen molar-refractivity contribution in [3.05, 3.63) is 70.8 Å². The van der Waals surface area contributed by atoms with Gasteiger partial charge in [-0.15, -0.1) is 24.0 Å². The van der Waals surface area contributed by atoms with E-state index in [2.05, 4.69) is 52.1 Å². The van der Waals surface area contributed by atoms with E-state index in [4.69, 9.17) is 0 Å². The van der Waals surface area contributed by atoms with Crippen LogP contribution in [0.2, 0.25) is 0 Å². The monoisotopic (exact) mass is 466 g/mol. The van der Waals surface area contributed by atoms with Crippen LogP contribution in [0.25, 0.3) is 0 Å². The minimum absolute atomic E-state index is 0. The van der Waals surface area contributed by atoms with Crippen molar-refractivity contribution in [1.82, 2.24) is 16.0 Å². The van der Waals surface area contributed by atoms with Gasteiger partial charge in [0.05, 0.1) is 0 Å². The molecule has 0 heterocycles. The molecule has 26 heavy (non-hydrogen) atoms. The van der Waals surface area contributed by atoms with Gasteiger partial charge in [0.15, 0.2) is 5.96 Å². The highest BCUT2D eigenvalue weighted by atomic mass is 127. The number of amides is 1. The Labute approximate surface area is 172 Å². The van der Waals surface area contributed by atoms with Crippen molar-refractivity contribution in [2.24, 2.45) is 4.99 Å². The molecule has 2 rings (SSSR count). The Morgan fingerprint density at radius 2 is 1.58 bits per heavy atom. The van der Waals surface area contributed by atoms with Gasteiger partial charge in [0, 0.05) is 32.7 Å². The second kappa shape index (κ2) is 11.5. The number of hydrogen-bond donors (Lipinski definition) is 3. The number of guanidine groups is 1. The summed E-state index contributed by atoms with van der Waals surface area (Å²) in [6, 6.07) is 15.9. The maximum atomic E-state index is 11.6. The Kier molecular flexibility index (Phi) is 9.72. The second-order valence-corrected chi connectivity index (χ2v) is 5.68. The lowest BCUT2D eigenvalue weighted by atomic mass is 10.1. The van der Waals surface area contributed by atoms with Gasteiger partial charge in [0.2, 0.25) is 0 Å². The van der Waals surface area contributed by atoms with Crippen LogP contribution in [-0.2, 0) is 19.5 Å². The number of nitrogens with zero attached hydrogens (tertiary/aromatic N) is 1. The van der Waals surface area contributed by atoms with Crippen LogP contribution in [0.3, 0.4) is 0 Å². The van der Waals surface area contributed by atoms with E-state index in [1.165, 1.54) is 11.1 Å². The van der Waals surface area contributed by atoms with Crippen molar-refractivity contribution in [3.63, 3.8) is 0 Å². The van der Waals surface area contributed by atoms with E-state index in [9.17, 15) is 4.79 Å². The molecule has 2 aromatic carbocycles. The predicted molar refractivity (Wildman–Crippen MR) is 118 cm³/mol. The smallest absolute Gasteiger partial charge is 0.251 e. The Morgan fingerprint density at radius 3 is 2.15 bits per heavy atom. The van der Waals surface area contributed by atoms with E-state index in [1.54, 1.807) is 14.1 Å². The standard InChI is InChI=1S/C20H26N4O.HI/c1-4-16-7-5-6-8-18(16)14-24-20(22-3)23-13-15-9-11-17(12-10-15)19(25)21-2;/h5-12H,4,13-14H2,1-3H3,(H,21,25)(H2,22,23,24);1H. The highest BCUT2D eigenvalue weighted by Crippen LogP contribution is 2.09. The summed E-state index contributed by atoms with van der Waals surface area (Å²) in [7, 11) is 3.39. The van der Waals surface area contributed by atoms with Crippen LogP contribution in [0.1, 0.15) is 34.0 Å². The van der Waals surface area contributed by atoms with Gasteiger partial charge in [0.25, 0.3) is 5.91 Å². The Hall–Kier alpha value is -2.09. The largest absolute Gasteiger partial charge is 0.355 e. The summed E-state index contributed by atoms with van der Waals surface area (Å²) in [6.07, 6.45) is 1.02. The predicted octanol–water partition coefficient (Wildman–Crippen LogP) is 3.09. The van der Waals surface area contributed by atoms with Crippen molar-refractivity contribution >= 4 is 35.8 Å². The SMILES string of the molecule is CCc1ccccc1CNC(=NC)NCc1ccc(C(=O)NC)cc1.I. The molecule has 0 aliphatic heterocycles. The zero-order valence-corrected chi connectivity index (χ0v) is 17.8. The average molecular weight is 466 g/mol. The van der Waals surface area contributed by atoms with Crippen molar-refractivity contribution in [1.29, 1.82) is 0 Å². The molecule has 0 spiro atoms. The van der Waals surface area contributed by atoms with E-state index < -0.39 is 0 Å². The summed E-state index contributed by atoms with van der Waals surface area (Å²) in [6.45, 7) is 3.54. The first kappa shape index (κ1) is 22.0. The van der Waals surface area contributed by atoms with E-state index in [0.29, 0.717) is 12.1 Å². The summed E-state index contributed by atoms with van der Waals surface area (Å²) in [5, 5.41) is 9.26. The van der Waals surface area contributed by atoms with E-state index in [-0.39, 0.29) is 29.9 Å². The normalized spacial score (nSPS) is 10.7. The molecular formula is C20H27IN4O. The van der Waals surface area contributed by atoms with Crippen LogP contribution >= 0.6 is 24.0 Å². The minimum atomic E-state index is -0.0772. The lowest BCUT2D eigenvalue weighted by Crippen LogP contribution is -2.36. The lowest BCUT2D eigenvalue weighted by molar-refractivity contribution is 0.0963. The van der Waals surface area contributed by atoms with Crippen LogP contribution < -0.4 is 16.0 Å². The zero-order valence-electron chi connectivity index (χ0n) is 15.5. The fourth-order valence-electron chi connectivity index (χ4n) is 2.58. The first-order valence-electron chi connectivity index (χ1n) is 8.50. The van der Waals surface area contributed by atoms with Gasteiger partial charge in [0.1, 0.15) is 0 Å². The molecule has 0 aliphatic carbocycles. The van der Waals surface area contributed by atoms with Gasteiger partial charge < -0.3 is 16.0 Å². The number of hydrogen-bond acceptors (Lipinski definition) is 2. The summed E-state index contributed by atoms with van der Waals surface area (Å²) in [5.41, 5.74) is 4.37. The lowest BCUT2D eigenvalue weighted by Gasteiger charge is -2.14. The number of halogens is 1. The molecule has 140 valence electrons. The number of aryl methyl sites for hydroxylation is 1. The molecule has 2 aromatic rings. The molecule has 0 saturated carbocycles. The van der Waals surface area contributed by atoms with E-state index >= 15 is 0 Å². The van der Waals surface area contributed by atoms with Gasteiger partial charge >= 0.3 is 0 Å². The molecule has 0 atom stereocenters. The van der Waals surface area contributed by atoms with Crippen LogP contribution in [0.15, 0.2) is 53.5 Å². The van der Waals surface area contributed by atoms with Crippen molar-refractivity contribution < 1.29 is 4.79 Å². The topological polar surface area (TPSA) is 65.5 Å². The highest BCUT2D eigenvalue weighted by molar-refractivity contribution is 14.0. The molecule has 0 aliphatic rings. The van der Waals surface area contributed by atoms with Gasteiger partial charge in [-0.3, -0.25) is 9.79 Å². The van der Waals surface area contributed by atoms with Crippen molar-refractivity contribution in [2.75, 3.05) is 14.1 Å². The first-order chi connectivity index (χ1) is 12.2. The Balaban J connectivity index is 0.00000338. The number of carbonyl (C=O) groups is 1. The highest BCUT2D eigenvalue weighted by Gasteiger charge is 2.04. The van der Waals surface area contributed by atoms with E-state index in [0.717, 1.165) is 24.5 Å². The number of nitrogens with one attached hydrogen (secondary N) is 3. The quantitative estimate of drug-likeness (QED) is 0.348. The molecule has 0 aromatic heterocycles. The number of carbonyl (C=O) groups excluding carboxylic acids is 1. The van der Waals surface area contributed by atoms with Gasteiger partial charge in [-0.2, -0.15) is 0 Å². The van der Waals surface area contributed by atoms with Crippen molar-refractivity contribution in [2.45, 2.75) is 26.4 Å². The zero-order chi connectivity index (χ0) is 18.1. The maximum absolute atomic E-state index is 11.6. The van der Waals surface area contributed by atoms with Gasteiger partial charge in [-0.05, 0) is 35.2 Å². The third kappa shape index (κ3) is 6.33. The molecular weight excluding hydrogens is 439 g/mol. The average Bonchev–Trinajstić information content (AvgIpc) is 2.68. The fourth-order valence-corrected chi connectivity index (χ4v) is 2.58. The molecule has 1 amide bonds. The summed E-state index contributed by atoms with van der Waals surface area (Å²) in [5.74, 6) is 0.674. The molecule has 0 unspecified atom stereocenters. The summed E-state index contributed by atoms with van der Waals surface area (Å²) >= 11 is 0. The van der Waals surface area contributed by atoms with Crippen molar-refractivity contribution in [3.8, 4) is 0 Å². The van der Waals surface area contributed by atoms with Gasteiger partial charge in [-0.1, -0.05) is 43.3 Å². The molecule has 0 fully saturated rings. The van der Waals surface area contributed by atoms with Crippen LogP contribution in [0.4, 0.5) is 0 Å². The molecule has 0 bridgehead atoms. The minimum Gasteiger partial charge on any atom is -0.355 e. The molecule has 6 heteroatoms. The third-order valence-electron chi connectivity index (χ3n) is 4.07. The Bertz CT molecular complexity index is 729. The molecule has 3 N–H and O–H groups in total. The Morgan fingerprint density at radius 1 is 0.962 bits per heavy atom. The van der Waals surface area contributed by atoms with Crippen LogP contribution in [0.5, 0.6) is 0 Å². The molecule has 0 radical (unpaired) electrons. The first-order valence-corrected chi connectivity index (χ1v) is 8.50. The number of benzene rings is 2. The maximum Gasteiger partial charge on any atom is 0.251 e. The van der Waals surface area contributed by atoms with Gasteiger partial charge in [-0.25, -0.2) is 0 Å². The summed E-state index contributed by atoms with van der Waals surface area (Å²) < 4.78 is 0. The van der Waals surface area contributed by atoms with E-state index in [1.807, 2.05) is 24.3 Å². The number of rotatable bonds is 6. The number of aliphatic imine (C=N–C) groups is 1. The van der Waals surface area contributed by atoms with Crippen LogP contribution in [-0.4, -0.2) is 26.0 Å². The fraction of sp³-hybridized carbons (Fsp3) is 0.300. The second-order valence-electron chi connectivity index (χ2n) is 5.68. The molecule has 5 nitrogen and oxygen atoms in total.